The number of H-pyrrole nitrogens is 1. The molecule has 0 saturated heterocycles. The molecule has 0 atom stereocenters. The molecular formula is C8H3BrIN3O3. The fourth-order valence-corrected chi connectivity index (χ4v) is 2.50. The van der Waals surface area contributed by atoms with Crippen LogP contribution < -0.4 is 0 Å². The maximum Gasteiger partial charge on any atom is 0.281 e. The normalized spacial score (nSPS) is 10.6. The summed E-state index contributed by atoms with van der Waals surface area (Å²) in [6.45, 7) is 0. The van der Waals surface area contributed by atoms with Gasteiger partial charge in [-0.15, -0.1) is 0 Å². The van der Waals surface area contributed by atoms with Crippen LogP contribution in [0, 0.1) is 13.8 Å². The molecule has 6 nitrogen and oxygen atoms in total. The summed E-state index contributed by atoms with van der Waals surface area (Å²) in [6.07, 6.45) is 0.454. The molecule has 0 saturated carbocycles. The minimum Gasteiger partial charge on any atom is -0.298 e. The highest BCUT2D eigenvalue weighted by atomic mass is 127. The monoisotopic (exact) mass is 395 g/mol. The Bertz CT molecular complexity index is 610. The number of nitro benzene ring substituents is 1. The van der Waals surface area contributed by atoms with Gasteiger partial charge in [-0.25, -0.2) is 0 Å². The number of carbonyl (C=O) groups excluding carboxylic acids is 1. The average molecular weight is 396 g/mol. The molecule has 2 rings (SSSR count). The number of nitro groups is 1. The minimum absolute atomic E-state index is 0.0116. The van der Waals surface area contributed by atoms with Crippen LogP contribution in [0.15, 0.2) is 10.5 Å². The number of benzene rings is 1. The number of nitrogens with zero attached hydrogens (tertiary/aromatic N) is 2. The lowest BCUT2D eigenvalue weighted by atomic mass is 10.1. The maximum atomic E-state index is 10.8. The van der Waals surface area contributed by atoms with Crippen molar-refractivity contribution in [2.45, 2.75) is 0 Å². The Kier molecular flexibility index (Phi) is 2.93. The number of rotatable bonds is 2. The van der Waals surface area contributed by atoms with E-state index in [1.807, 2.05) is 22.6 Å². The first-order valence-corrected chi connectivity index (χ1v) is 5.89. The van der Waals surface area contributed by atoms with Crippen molar-refractivity contribution in [2.24, 2.45) is 0 Å². The van der Waals surface area contributed by atoms with E-state index in [-0.39, 0.29) is 11.3 Å². The van der Waals surface area contributed by atoms with E-state index in [0.29, 0.717) is 25.4 Å². The second-order valence-electron chi connectivity index (χ2n) is 2.94. The lowest BCUT2D eigenvalue weighted by molar-refractivity contribution is -0.385. The number of aromatic nitrogens is 2. The summed E-state index contributed by atoms with van der Waals surface area (Å²) in [5.41, 5.74) is 0.364. The summed E-state index contributed by atoms with van der Waals surface area (Å²) in [5.74, 6) is 0. The van der Waals surface area contributed by atoms with Crippen LogP contribution in [0.3, 0.4) is 0 Å². The second kappa shape index (κ2) is 4.09. The maximum absolute atomic E-state index is 10.8. The Morgan fingerprint density at radius 3 is 2.88 bits per heavy atom. The van der Waals surface area contributed by atoms with Crippen molar-refractivity contribution < 1.29 is 9.72 Å². The Morgan fingerprint density at radius 2 is 2.31 bits per heavy atom. The number of carbonyl (C=O) groups is 1. The van der Waals surface area contributed by atoms with E-state index in [2.05, 4.69) is 26.1 Å². The minimum atomic E-state index is -0.586. The third kappa shape index (κ3) is 1.61. The molecule has 1 N–H and O–H groups in total. The Labute approximate surface area is 111 Å². The van der Waals surface area contributed by atoms with Crippen molar-refractivity contribution in [3.05, 3.63) is 29.9 Å². The molecule has 1 aromatic carbocycles. The van der Waals surface area contributed by atoms with Crippen LogP contribution in [0.25, 0.3) is 10.9 Å². The van der Waals surface area contributed by atoms with Gasteiger partial charge in [-0.3, -0.25) is 20.0 Å². The highest BCUT2D eigenvalue weighted by Crippen LogP contribution is 2.34. The predicted molar refractivity (Wildman–Crippen MR) is 68.6 cm³/mol. The highest BCUT2D eigenvalue weighted by molar-refractivity contribution is 14.1. The quantitative estimate of drug-likeness (QED) is 0.366. The number of fused-ring (bicyclic) bond motifs is 1. The summed E-state index contributed by atoms with van der Waals surface area (Å²) in [4.78, 5) is 21.0. The predicted octanol–water partition coefficient (Wildman–Crippen LogP) is 2.65. The standard InChI is InChI=1S/C8H3BrIN3O3/c9-6-4(2-14)5(13(15)16)1-3-7(6)11-12-8(3)10/h1-2H,(H,11,12). The zero-order valence-corrected chi connectivity index (χ0v) is 11.3. The smallest absolute Gasteiger partial charge is 0.281 e. The average Bonchev–Trinajstić information content (AvgIpc) is 2.60. The van der Waals surface area contributed by atoms with Gasteiger partial charge in [-0.05, 0) is 38.5 Å². The number of halogens is 2. The molecule has 1 aromatic heterocycles. The van der Waals surface area contributed by atoms with Crippen LogP contribution in [0.5, 0.6) is 0 Å². The molecule has 16 heavy (non-hydrogen) atoms. The summed E-state index contributed by atoms with van der Waals surface area (Å²) >= 11 is 5.12. The molecule has 0 radical (unpaired) electrons. The molecule has 82 valence electrons. The van der Waals surface area contributed by atoms with Crippen molar-refractivity contribution in [2.75, 3.05) is 0 Å². The summed E-state index contributed by atoms with van der Waals surface area (Å²) in [6, 6.07) is 1.34. The van der Waals surface area contributed by atoms with Crippen LogP contribution in [0.1, 0.15) is 10.4 Å². The molecular weight excluding hydrogens is 393 g/mol. The van der Waals surface area contributed by atoms with E-state index in [9.17, 15) is 14.9 Å². The van der Waals surface area contributed by atoms with Crippen molar-refractivity contribution in [1.82, 2.24) is 10.2 Å². The summed E-state index contributed by atoms with van der Waals surface area (Å²) in [7, 11) is 0. The van der Waals surface area contributed by atoms with Crippen LogP contribution in [0.2, 0.25) is 0 Å². The number of aldehydes is 1. The largest absolute Gasteiger partial charge is 0.298 e. The van der Waals surface area contributed by atoms with E-state index < -0.39 is 4.92 Å². The Morgan fingerprint density at radius 1 is 1.62 bits per heavy atom. The molecule has 8 heteroatoms. The number of aromatic amines is 1. The van der Waals surface area contributed by atoms with Gasteiger partial charge in [-0.2, -0.15) is 5.10 Å². The third-order valence-corrected chi connectivity index (χ3v) is 3.73. The molecule has 0 amide bonds. The van der Waals surface area contributed by atoms with Crippen LogP contribution >= 0.6 is 38.5 Å². The summed E-state index contributed by atoms with van der Waals surface area (Å²) in [5, 5.41) is 18.1. The van der Waals surface area contributed by atoms with Crippen molar-refractivity contribution >= 4 is 61.4 Å². The molecule has 0 aliphatic carbocycles. The Balaban J connectivity index is 2.94. The molecule has 0 aliphatic rings. The summed E-state index contributed by atoms with van der Waals surface area (Å²) < 4.78 is 0.982. The molecule has 2 aromatic rings. The molecule has 1 heterocycles. The van der Waals surface area contributed by atoms with Gasteiger partial charge < -0.3 is 0 Å². The SMILES string of the molecule is O=Cc1c([N+](=O)[O-])cc2c(I)n[nH]c2c1Br. The zero-order chi connectivity index (χ0) is 11.9. The first-order valence-electron chi connectivity index (χ1n) is 4.02. The highest BCUT2D eigenvalue weighted by Gasteiger charge is 2.21. The fourth-order valence-electron chi connectivity index (χ4n) is 1.35. The van der Waals surface area contributed by atoms with Gasteiger partial charge in [-0.1, -0.05) is 0 Å². The fraction of sp³-hybridized carbons (Fsp3) is 0. The van der Waals surface area contributed by atoms with Crippen molar-refractivity contribution in [3.63, 3.8) is 0 Å². The van der Waals surface area contributed by atoms with Gasteiger partial charge >= 0.3 is 0 Å². The van der Waals surface area contributed by atoms with E-state index in [1.165, 1.54) is 6.07 Å². The number of nitrogens with one attached hydrogen (secondary N) is 1. The van der Waals surface area contributed by atoms with Gasteiger partial charge in [0.15, 0.2) is 6.29 Å². The first kappa shape index (κ1) is 11.5. The van der Waals surface area contributed by atoms with Gasteiger partial charge in [0, 0.05) is 11.5 Å². The Hall–Kier alpha value is -1.03. The number of hydrogen-bond acceptors (Lipinski definition) is 4. The van der Waals surface area contributed by atoms with Gasteiger partial charge in [0.05, 0.1) is 14.9 Å². The van der Waals surface area contributed by atoms with Gasteiger partial charge in [0.2, 0.25) is 0 Å². The molecule has 0 aliphatic heterocycles. The third-order valence-electron chi connectivity index (χ3n) is 2.08. The van der Waals surface area contributed by atoms with Crippen LogP contribution in [0.4, 0.5) is 5.69 Å². The van der Waals surface area contributed by atoms with Crippen LogP contribution in [-0.2, 0) is 0 Å². The van der Waals surface area contributed by atoms with E-state index in [4.69, 9.17) is 0 Å². The van der Waals surface area contributed by atoms with Gasteiger partial charge in [0.25, 0.3) is 5.69 Å². The van der Waals surface area contributed by atoms with Crippen molar-refractivity contribution in [1.29, 1.82) is 0 Å². The van der Waals surface area contributed by atoms with Gasteiger partial charge in [0.1, 0.15) is 9.26 Å². The molecule has 0 spiro atoms. The second-order valence-corrected chi connectivity index (χ2v) is 4.75. The van der Waals surface area contributed by atoms with Crippen LogP contribution in [-0.4, -0.2) is 21.4 Å². The lowest BCUT2D eigenvalue weighted by Crippen LogP contribution is -1.96. The molecule has 0 fully saturated rings. The topological polar surface area (TPSA) is 88.9 Å². The zero-order valence-electron chi connectivity index (χ0n) is 7.53. The van der Waals surface area contributed by atoms with E-state index in [1.54, 1.807) is 0 Å². The first-order chi connectivity index (χ1) is 7.56. The number of hydrogen-bond donors (Lipinski definition) is 1. The van der Waals surface area contributed by atoms with Crippen molar-refractivity contribution in [3.8, 4) is 0 Å². The molecule has 0 bridgehead atoms. The van der Waals surface area contributed by atoms with E-state index in [0.717, 1.165) is 0 Å². The lowest BCUT2D eigenvalue weighted by Gasteiger charge is -2.00. The van der Waals surface area contributed by atoms with E-state index >= 15 is 0 Å². The molecule has 0 unspecified atom stereocenters.